The first kappa shape index (κ1) is 18.2. The van der Waals surface area contributed by atoms with Crippen LogP contribution in [0, 0.1) is 0 Å². The number of hydrogen-bond acceptors (Lipinski definition) is 4. The van der Waals surface area contributed by atoms with E-state index in [1.807, 2.05) is 41.0 Å². The molecule has 0 fully saturated rings. The number of nitrogens with zero attached hydrogens (tertiary/aromatic N) is 2. The van der Waals surface area contributed by atoms with Crippen LogP contribution < -0.4 is 5.32 Å². The maximum Gasteiger partial charge on any atom is 0.339 e. The van der Waals surface area contributed by atoms with Crippen LogP contribution in [0.25, 0.3) is 11.0 Å². The summed E-state index contributed by atoms with van der Waals surface area (Å²) in [5.41, 5.74) is 1.45. The molecule has 0 bridgehead atoms. The van der Waals surface area contributed by atoms with Gasteiger partial charge in [-0.3, -0.25) is 10.1 Å². The number of nitrogens with one attached hydrogen (secondary N) is 1. The number of esters is 1. The van der Waals surface area contributed by atoms with Crippen LogP contribution in [-0.4, -0.2) is 27.0 Å². The standard InChI is InChI=1S/C22H23N3O3/c1-21(2,3)25-17-12-8-7-11-16(17)23-20(25)24-19(27)22(4)13-14-9-5-6-10-15(14)18(26)28-22/h5-12H,13H2,1-4H3,(H,23,24,27). The Bertz CT molecular complexity index is 1090. The average molecular weight is 377 g/mol. The van der Waals surface area contributed by atoms with Gasteiger partial charge in [0, 0.05) is 12.0 Å². The third-order valence-electron chi connectivity index (χ3n) is 5.02. The summed E-state index contributed by atoms with van der Waals surface area (Å²) >= 11 is 0. The van der Waals surface area contributed by atoms with E-state index in [9.17, 15) is 9.59 Å². The van der Waals surface area contributed by atoms with Gasteiger partial charge < -0.3 is 9.30 Å². The molecule has 2 aromatic carbocycles. The molecule has 0 spiro atoms. The minimum absolute atomic E-state index is 0.296. The molecule has 1 aliphatic heterocycles. The van der Waals surface area contributed by atoms with Crippen molar-refractivity contribution in [3.63, 3.8) is 0 Å². The highest BCUT2D eigenvalue weighted by atomic mass is 16.6. The molecule has 0 saturated heterocycles. The van der Waals surface area contributed by atoms with Gasteiger partial charge in [0.2, 0.25) is 5.95 Å². The number of anilines is 1. The quantitative estimate of drug-likeness (QED) is 0.688. The molecule has 1 aromatic heterocycles. The molecule has 1 unspecified atom stereocenters. The van der Waals surface area contributed by atoms with Crippen molar-refractivity contribution in [2.45, 2.75) is 45.3 Å². The van der Waals surface area contributed by atoms with Crippen molar-refractivity contribution in [1.29, 1.82) is 0 Å². The van der Waals surface area contributed by atoms with Crippen LogP contribution >= 0.6 is 0 Å². The van der Waals surface area contributed by atoms with E-state index in [1.54, 1.807) is 19.1 Å². The Labute approximate surface area is 163 Å². The number of hydrogen-bond donors (Lipinski definition) is 1. The number of aromatic nitrogens is 2. The topological polar surface area (TPSA) is 73.2 Å². The lowest BCUT2D eigenvalue weighted by Gasteiger charge is -2.33. The van der Waals surface area contributed by atoms with Crippen molar-refractivity contribution < 1.29 is 14.3 Å². The Morgan fingerprint density at radius 3 is 2.57 bits per heavy atom. The fraction of sp³-hybridized carbons (Fsp3) is 0.318. The molecule has 0 saturated carbocycles. The molecule has 1 amide bonds. The first-order valence-corrected chi connectivity index (χ1v) is 9.30. The molecule has 1 aliphatic rings. The first-order chi connectivity index (χ1) is 13.2. The zero-order chi connectivity index (χ0) is 20.1. The highest BCUT2D eigenvalue weighted by Gasteiger charge is 2.43. The third kappa shape index (κ3) is 2.95. The lowest BCUT2D eigenvalue weighted by Crippen LogP contribution is -2.49. The van der Waals surface area contributed by atoms with E-state index < -0.39 is 17.5 Å². The number of carbonyl (C=O) groups is 2. The Hall–Kier alpha value is -3.15. The van der Waals surface area contributed by atoms with Crippen molar-refractivity contribution in [3.8, 4) is 0 Å². The predicted molar refractivity (Wildman–Crippen MR) is 107 cm³/mol. The second-order valence-electron chi connectivity index (χ2n) is 8.34. The van der Waals surface area contributed by atoms with Gasteiger partial charge in [0.1, 0.15) is 0 Å². The first-order valence-electron chi connectivity index (χ1n) is 9.30. The summed E-state index contributed by atoms with van der Waals surface area (Å²) < 4.78 is 7.53. The van der Waals surface area contributed by atoms with Crippen LogP contribution in [0.3, 0.4) is 0 Å². The van der Waals surface area contributed by atoms with Gasteiger partial charge in [-0.1, -0.05) is 30.3 Å². The maximum absolute atomic E-state index is 13.2. The fourth-order valence-electron chi connectivity index (χ4n) is 3.68. The molecule has 1 atom stereocenters. The lowest BCUT2D eigenvalue weighted by atomic mass is 9.89. The minimum Gasteiger partial charge on any atom is -0.445 e. The van der Waals surface area contributed by atoms with Crippen LogP contribution in [0.5, 0.6) is 0 Å². The number of fused-ring (bicyclic) bond motifs is 2. The van der Waals surface area contributed by atoms with Crippen LogP contribution in [0.15, 0.2) is 48.5 Å². The summed E-state index contributed by atoms with van der Waals surface area (Å²) in [6.45, 7) is 7.79. The Morgan fingerprint density at radius 2 is 1.82 bits per heavy atom. The van der Waals surface area contributed by atoms with E-state index >= 15 is 0 Å². The van der Waals surface area contributed by atoms with Gasteiger partial charge in [0.05, 0.1) is 16.6 Å². The van der Waals surface area contributed by atoms with Gasteiger partial charge in [-0.05, 0) is 51.5 Å². The van der Waals surface area contributed by atoms with Crippen LogP contribution in [0.4, 0.5) is 5.95 Å². The molecule has 0 radical (unpaired) electrons. The van der Waals surface area contributed by atoms with Crippen LogP contribution in [0.1, 0.15) is 43.6 Å². The molecule has 4 rings (SSSR count). The number of rotatable bonds is 2. The van der Waals surface area contributed by atoms with Crippen molar-refractivity contribution in [1.82, 2.24) is 9.55 Å². The molecule has 6 nitrogen and oxygen atoms in total. The fourth-order valence-corrected chi connectivity index (χ4v) is 3.68. The molecule has 3 aromatic rings. The number of benzene rings is 2. The summed E-state index contributed by atoms with van der Waals surface area (Å²) in [6, 6.07) is 14.9. The van der Waals surface area contributed by atoms with Gasteiger partial charge in [-0.15, -0.1) is 0 Å². The van der Waals surface area contributed by atoms with E-state index in [2.05, 4.69) is 31.1 Å². The van der Waals surface area contributed by atoms with Gasteiger partial charge >= 0.3 is 5.97 Å². The van der Waals surface area contributed by atoms with E-state index in [0.717, 1.165) is 16.6 Å². The summed E-state index contributed by atoms with van der Waals surface area (Å²) in [5.74, 6) is -0.435. The minimum atomic E-state index is -1.30. The van der Waals surface area contributed by atoms with Gasteiger partial charge in [0.25, 0.3) is 5.91 Å². The smallest absolute Gasteiger partial charge is 0.339 e. The Balaban J connectivity index is 1.71. The normalized spacial score (nSPS) is 19.2. The summed E-state index contributed by atoms with van der Waals surface area (Å²) in [4.78, 5) is 30.2. The van der Waals surface area contributed by atoms with Crippen molar-refractivity contribution in [2.75, 3.05) is 5.32 Å². The highest BCUT2D eigenvalue weighted by Crippen LogP contribution is 2.31. The van der Waals surface area contributed by atoms with E-state index in [-0.39, 0.29) is 5.54 Å². The van der Waals surface area contributed by atoms with E-state index in [4.69, 9.17) is 4.74 Å². The van der Waals surface area contributed by atoms with Crippen molar-refractivity contribution >= 4 is 28.9 Å². The Kier molecular flexibility index (Phi) is 4.03. The summed E-state index contributed by atoms with van der Waals surface area (Å²) in [7, 11) is 0. The molecule has 2 heterocycles. The summed E-state index contributed by atoms with van der Waals surface area (Å²) in [6.07, 6.45) is 0.316. The van der Waals surface area contributed by atoms with Crippen molar-refractivity contribution in [3.05, 3.63) is 59.7 Å². The van der Waals surface area contributed by atoms with Crippen molar-refractivity contribution in [2.24, 2.45) is 0 Å². The number of cyclic esters (lactones) is 1. The molecular formula is C22H23N3O3. The number of carbonyl (C=O) groups excluding carboxylic acids is 2. The van der Waals surface area contributed by atoms with Gasteiger partial charge in [0.15, 0.2) is 5.60 Å². The van der Waals surface area contributed by atoms with Gasteiger partial charge in [-0.25, -0.2) is 9.78 Å². The molecular weight excluding hydrogens is 354 g/mol. The molecule has 6 heteroatoms. The zero-order valence-electron chi connectivity index (χ0n) is 16.4. The largest absolute Gasteiger partial charge is 0.445 e. The summed E-state index contributed by atoms with van der Waals surface area (Å²) in [5, 5.41) is 2.90. The molecule has 28 heavy (non-hydrogen) atoms. The van der Waals surface area contributed by atoms with Gasteiger partial charge in [-0.2, -0.15) is 0 Å². The predicted octanol–water partition coefficient (Wildman–Crippen LogP) is 3.90. The number of ether oxygens (including phenoxy) is 1. The van der Waals surface area contributed by atoms with E-state index in [1.165, 1.54) is 0 Å². The lowest BCUT2D eigenvalue weighted by molar-refractivity contribution is -0.134. The third-order valence-corrected chi connectivity index (χ3v) is 5.02. The number of para-hydroxylation sites is 2. The monoisotopic (exact) mass is 377 g/mol. The SMILES string of the molecule is CC1(C(=O)Nc2nc3ccccc3n2C(C)(C)C)Cc2ccccc2C(=O)O1. The average Bonchev–Trinajstić information content (AvgIpc) is 2.99. The number of imidazole rings is 1. The second-order valence-corrected chi connectivity index (χ2v) is 8.34. The van der Waals surface area contributed by atoms with E-state index in [0.29, 0.717) is 17.9 Å². The maximum atomic E-state index is 13.2. The molecule has 1 N–H and O–H groups in total. The number of amides is 1. The highest BCUT2D eigenvalue weighted by molar-refractivity contribution is 6.02. The second kappa shape index (κ2) is 6.19. The van der Waals surface area contributed by atoms with Crippen LogP contribution in [0.2, 0.25) is 0 Å². The molecule has 144 valence electrons. The zero-order valence-corrected chi connectivity index (χ0v) is 16.4. The molecule has 0 aliphatic carbocycles. The van der Waals surface area contributed by atoms with Crippen LogP contribution in [-0.2, 0) is 21.5 Å². The Morgan fingerprint density at radius 1 is 1.14 bits per heavy atom.